The average molecular weight is 187 g/mol. The van der Waals surface area contributed by atoms with Crippen LogP contribution in [0.4, 0.5) is 5.69 Å². The summed E-state index contributed by atoms with van der Waals surface area (Å²) in [6.45, 7) is 2.19. The number of rotatable bonds is 0. The van der Waals surface area contributed by atoms with E-state index in [1.165, 1.54) is 36.9 Å². The van der Waals surface area contributed by atoms with E-state index in [-0.39, 0.29) is 0 Å². The van der Waals surface area contributed by atoms with E-state index in [2.05, 4.69) is 30.4 Å². The Kier molecular flexibility index (Phi) is 1.79. The van der Waals surface area contributed by atoms with Gasteiger partial charge in [0.25, 0.3) is 0 Å². The molecule has 1 heterocycles. The molecule has 1 aromatic rings. The van der Waals surface area contributed by atoms with Crippen molar-refractivity contribution in [2.75, 3.05) is 5.32 Å². The molecule has 1 saturated carbocycles. The van der Waals surface area contributed by atoms with Crippen molar-refractivity contribution < 1.29 is 0 Å². The van der Waals surface area contributed by atoms with Crippen LogP contribution in [0.15, 0.2) is 18.2 Å². The summed E-state index contributed by atoms with van der Waals surface area (Å²) in [6.07, 6.45) is 5.56. The van der Waals surface area contributed by atoms with E-state index in [4.69, 9.17) is 0 Å². The number of fused-ring (bicyclic) bond motifs is 3. The fourth-order valence-corrected chi connectivity index (χ4v) is 3.00. The van der Waals surface area contributed by atoms with Crippen molar-refractivity contribution in [1.29, 1.82) is 0 Å². The summed E-state index contributed by atoms with van der Waals surface area (Å²) in [5, 5.41) is 3.66. The Hall–Kier alpha value is -0.980. The molecule has 74 valence electrons. The molecular weight excluding hydrogens is 170 g/mol. The lowest BCUT2D eigenvalue weighted by Crippen LogP contribution is -2.23. The maximum Gasteiger partial charge on any atom is 0.0378 e. The highest BCUT2D eigenvalue weighted by atomic mass is 15.0. The lowest BCUT2D eigenvalue weighted by atomic mass is 9.82. The zero-order chi connectivity index (χ0) is 9.54. The monoisotopic (exact) mass is 187 g/mol. The summed E-state index contributed by atoms with van der Waals surface area (Å²) in [7, 11) is 0. The topological polar surface area (TPSA) is 12.0 Å². The van der Waals surface area contributed by atoms with Crippen LogP contribution in [0, 0.1) is 6.92 Å². The van der Waals surface area contributed by atoms with Crippen LogP contribution < -0.4 is 5.32 Å². The minimum atomic E-state index is 0.737. The first-order valence-electron chi connectivity index (χ1n) is 5.72. The van der Waals surface area contributed by atoms with E-state index in [9.17, 15) is 0 Å². The van der Waals surface area contributed by atoms with Crippen LogP contribution in [0.5, 0.6) is 0 Å². The van der Waals surface area contributed by atoms with Gasteiger partial charge in [0.15, 0.2) is 0 Å². The van der Waals surface area contributed by atoms with E-state index in [0.29, 0.717) is 0 Å². The van der Waals surface area contributed by atoms with Gasteiger partial charge in [-0.25, -0.2) is 0 Å². The Morgan fingerprint density at radius 3 is 3.00 bits per heavy atom. The standard InChI is InChI=1S/C13H17N/c1-9-6-7-13-11(8-9)10-4-2-3-5-12(10)14-13/h6-8,10,12,14H,2-5H2,1H3/t10-,12-/m1/s1. The third-order valence-electron chi connectivity index (χ3n) is 3.71. The summed E-state index contributed by atoms with van der Waals surface area (Å²) >= 11 is 0. The van der Waals surface area contributed by atoms with Gasteiger partial charge in [-0.05, 0) is 31.4 Å². The van der Waals surface area contributed by atoms with Crippen LogP contribution in [-0.4, -0.2) is 6.04 Å². The summed E-state index contributed by atoms with van der Waals surface area (Å²) in [4.78, 5) is 0. The number of nitrogens with one attached hydrogen (secondary N) is 1. The number of aryl methyl sites for hydroxylation is 1. The van der Waals surface area contributed by atoms with E-state index in [0.717, 1.165) is 12.0 Å². The molecule has 1 heteroatoms. The van der Waals surface area contributed by atoms with E-state index in [1.54, 1.807) is 5.56 Å². The maximum absolute atomic E-state index is 3.66. The third-order valence-corrected chi connectivity index (χ3v) is 3.71. The number of benzene rings is 1. The molecule has 1 aliphatic heterocycles. The molecule has 1 aromatic carbocycles. The van der Waals surface area contributed by atoms with Crippen molar-refractivity contribution in [3.05, 3.63) is 29.3 Å². The second kappa shape index (κ2) is 3.01. The Labute approximate surface area is 85.5 Å². The van der Waals surface area contributed by atoms with Gasteiger partial charge in [-0.15, -0.1) is 0 Å². The van der Waals surface area contributed by atoms with Crippen molar-refractivity contribution in [3.8, 4) is 0 Å². The van der Waals surface area contributed by atoms with Gasteiger partial charge < -0.3 is 5.32 Å². The molecule has 1 nitrogen and oxygen atoms in total. The summed E-state index contributed by atoms with van der Waals surface area (Å²) in [6, 6.07) is 7.57. The summed E-state index contributed by atoms with van der Waals surface area (Å²) in [5.41, 5.74) is 4.37. The van der Waals surface area contributed by atoms with Crippen LogP contribution in [0.3, 0.4) is 0 Å². The molecule has 2 atom stereocenters. The molecule has 0 bridgehead atoms. The van der Waals surface area contributed by atoms with Crippen molar-refractivity contribution in [2.24, 2.45) is 0 Å². The molecule has 0 radical (unpaired) electrons. The van der Waals surface area contributed by atoms with Gasteiger partial charge in [0, 0.05) is 17.6 Å². The van der Waals surface area contributed by atoms with Crippen molar-refractivity contribution in [1.82, 2.24) is 0 Å². The minimum Gasteiger partial charge on any atom is -0.381 e. The van der Waals surface area contributed by atoms with E-state index < -0.39 is 0 Å². The van der Waals surface area contributed by atoms with Gasteiger partial charge in [0.1, 0.15) is 0 Å². The predicted octanol–water partition coefficient (Wildman–Crippen LogP) is 3.45. The van der Waals surface area contributed by atoms with Crippen LogP contribution in [0.2, 0.25) is 0 Å². The maximum atomic E-state index is 3.66. The Morgan fingerprint density at radius 2 is 2.07 bits per heavy atom. The first-order valence-corrected chi connectivity index (χ1v) is 5.72. The smallest absolute Gasteiger partial charge is 0.0378 e. The van der Waals surface area contributed by atoms with Crippen molar-refractivity contribution in [2.45, 2.75) is 44.6 Å². The van der Waals surface area contributed by atoms with Gasteiger partial charge in [-0.1, -0.05) is 30.5 Å². The summed E-state index contributed by atoms with van der Waals surface area (Å²) < 4.78 is 0. The van der Waals surface area contributed by atoms with Crippen LogP contribution in [0.1, 0.15) is 42.7 Å². The molecule has 0 amide bonds. The Balaban J connectivity index is 2.02. The number of anilines is 1. The molecule has 3 rings (SSSR count). The molecule has 0 aromatic heterocycles. The molecule has 2 aliphatic rings. The SMILES string of the molecule is Cc1ccc2c(c1)[C@H]1CCCC[C@H]1N2. The lowest BCUT2D eigenvalue weighted by molar-refractivity contribution is 0.422. The van der Waals surface area contributed by atoms with E-state index in [1.807, 2.05) is 0 Å². The lowest BCUT2D eigenvalue weighted by Gasteiger charge is -2.25. The zero-order valence-electron chi connectivity index (χ0n) is 8.72. The molecule has 0 spiro atoms. The molecule has 14 heavy (non-hydrogen) atoms. The highest BCUT2D eigenvalue weighted by Gasteiger charge is 2.33. The molecule has 0 saturated heterocycles. The molecular formula is C13H17N. The predicted molar refractivity (Wildman–Crippen MR) is 59.8 cm³/mol. The van der Waals surface area contributed by atoms with Crippen LogP contribution in [-0.2, 0) is 0 Å². The van der Waals surface area contributed by atoms with Gasteiger partial charge in [0.05, 0.1) is 0 Å². The number of hydrogen-bond acceptors (Lipinski definition) is 1. The van der Waals surface area contributed by atoms with Gasteiger partial charge in [0.2, 0.25) is 0 Å². The van der Waals surface area contributed by atoms with Gasteiger partial charge >= 0.3 is 0 Å². The van der Waals surface area contributed by atoms with Crippen molar-refractivity contribution in [3.63, 3.8) is 0 Å². The first-order chi connectivity index (χ1) is 6.84. The Bertz CT molecular complexity index is 356. The second-order valence-electron chi connectivity index (χ2n) is 4.73. The van der Waals surface area contributed by atoms with Crippen LogP contribution in [0.25, 0.3) is 0 Å². The zero-order valence-corrected chi connectivity index (χ0v) is 8.72. The highest BCUT2D eigenvalue weighted by Crippen LogP contribution is 2.43. The largest absolute Gasteiger partial charge is 0.381 e. The third kappa shape index (κ3) is 1.15. The molecule has 1 aliphatic carbocycles. The Morgan fingerprint density at radius 1 is 1.21 bits per heavy atom. The normalized spacial score (nSPS) is 29.2. The molecule has 0 unspecified atom stereocenters. The van der Waals surface area contributed by atoms with E-state index >= 15 is 0 Å². The first kappa shape index (κ1) is 8.34. The highest BCUT2D eigenvalue weighted by molar-refractivity contribution is 5.60. The minimum absolute atomic E-state index is 0.737. The number of hydrogen-bond donors (Lipinski definition) is 1. The van der Waals surface area contributed by atoms with Gasteiger partial charge in [-0.2, -0.15) is 0 Å². The molecule has 1 fully saturated rings. The van der Waals surface area contributed by atoms with Crippen LogP contribution >= 0.6 is 0 Å². The second-order valence-corrected chi connectivity index (χ2v) is 4.73. The quantitative estimate of drug-likeness (QED) is 0.656. The molecule has 1 N–H and O–H groups in total. The fourth-order valence-electron chi connectivity index (χ4n) is 3.00. The average Bonchev–Trinajstić information content (AvgIpc) is 2.56. The fraction of sp³-hybridized carbons (Fsp3) is 0.538. The summed E-state index contributed by atoms with van der Waals surface area (Å²) in [5.74, 6) is 0.804. The van der Waals surface area contributed by atoms with Crippen molar-refractivity contribution >= 4 is 5.69 Å². The van der Waals surface area contributed by atoms with Gasteiger partial charge in [-0.3, -0.25) is 0 Å².